The van der Waals surface area contributed by atoms with E-state index in [-0.39, 0.29) is 5.90 Å². The highest BCUT2D eigenvalue weighted by atomic mass is 16.5. The van der Waals surface area contributed by atoms with E-state index in [1.807, 2.05) is 7.05 Å². The van der Waals surface area contributed by atoms with Crippen molar-refractivity contribution >= 4 is 5.90 Å². The summed E-state index contributed by atoms with van der Waals surface area (Å²) in [5.74, 6) is 0.139. The normalized spacial score (nSPS) is 9.40. The van der Waals surface area contributed by atoms with Crippen molar-refractivity contribution < 1.29 is 4.74 Å². The Bertz CT molecular complexity index is 241. The van der Waals surface area contributed by atoms with E-state index in [2.05, 4.69) is 4.98 Å². The zero-order valence-electron chi connectivity index (χ0n) is 5.96. The summed E-state index contributed by atoms with van der Waals surface area (Å²) in [7, 11) is 3.28. The molecule has 1 aromatic rings. The molecule has 0 fully saturated rings. The van der Waals surface area contributed by atoms with Crippen LogP contribution in [0.25, 0.3) is 0 Å². The minimum Gasteiger partial charge on any atom is -0.480 e. The third kappa shape index (κ3) is 1.00. The second-order valence-corrected chi connectivity index (χ2v) is 1.92. The molecule has 0 aliphatic rings. The van der Waals surface area contributed by atoms with E-state index in [1.54, 1.807) is 17.1 Å². The van der Waals surface area contributed by atoms with E-state index < -0.39 is 0 Å². The van der Waals surface area contributed by atoms with Gasteiger partial charge in [-0.3, -0.25) is 5.41 Å². The minimum atomic E-state index is 0.139. The first kappa shape index (κ1) is 6.80. The van der Waals surface area contributed by atoms with Crippen LogP contribution >= 0.6 is 0 Å². The van der Waals surface area contributed by atoms with Crippen molar-refractivity contribution in [3.8, 4) is 0 Å². The summed E-state index contributed by atoms with van der Waals surface area (Å²) in [6.45, 7) is 0. The fraction of sp³-hybridized carbons (Fsp3) is 0.333. The highest BCUT2D eigenvalue weighted by molar-refractivity contribution is 5.89. The van der Waals surface area contributed by atoms with Crippen LogP contribution in [0.3, 0.4) is 0 Å². The lowest BCUT2D eigenvalue weighted by atomic mass is 10.5. The van der Waals surface area contributed by atoms with Crippen LogP contribution in [0.5, 0.6) is 0 Å². The van der Waals surface area contributed by atoms with Gasteiger partial charge in [0, 0.05) is 7.05 Å². The van der Waals surface area contributed by atoms with Gasteiger partial charge in [-0.1, -0.05) is 0 Å². The van der Waals surface area contributed by atoms with Gasteiger partial charge in [-0.2, -0.15) is 0 Å². The molecule has 1 aromatic heterocycles. The van der Waals surface area contributed by atoms with E-state index in [4.69, 9.17) is 10.1 Å². The molecule has 0 amide bonds. The molecule has 0 saturated heterocycles. The SMILES string of the molecule is COC(=N)c1cncn1C. The standard InChI is InChI=1S/C6H9N3O/c1-9-4-8-3-5(9)6(7)10-2/h3-4,7H,1-2H3. The summed E-state index contributed by atoms with van der Waals surface area (Å²) < 4.78 is 6.43. The van der Waals surface area contributed by atoms with E-state index in [9.17, 15) is 0 Å². The molecule has 0 spiro atoms. The highest BCUT2D eigenvalue weighted by Gasteiger charge is 2.03. The number of rotatable bonds is 1. The summed E-state index contributed by atoms with van der Waals surface area (Å²) in [6, 6.07) is 0. The van der Waals surface area contributed by atoms with Crippen LogP contribution in [0, 0.1) is 5.41 Å². The van der Waals surface area contributed by atoms with Gasteiger partial charge in [0.15, 0.2) is 0 Å². The monoisotopic (exact) mass is 139 g/mol. The number of nitrogens with zero attached hydrogens (tertiary/aromatic N) is 2. The van der Waals surface area contributed by atoms with Crippen LogP contribution in [-0.4, -0.2) is 22.6 Å². The van der Waals surface area contributed by atoms with E-state index in [0.717, 1.165) is 0 Å². The van der Waals surface area contributed by atoms with Crippen LogP contribution in [0.4, 0.5) is 0 Å². The molecule has 0 aliphatic carbocycles. The van der Waals surface area contributed by atoms with Crippen LogP contribution < -0.4 is 0 Å². The third-order valence-electron chi connectivity index (χ3n) is 1.25. The van der Waals surface area contributed by atoms with Gasteiger partial charge in [0.1, 0.15) is 5.69 Å². The summed E-state index contributed by atoms with van der Waals surface area (Å²) in [6.07, 6.45) is 3.22. The average molecular weight is 139 g/mol. The Morgan fingerprint density at radius 1 is 1.80 bits per heavy atom. The Labute approximate surface area is 59.0 Å². The molecule has 1 N–H and O–H groups in total. The van der Waals surface area contributed by atoms with Crippen LogP contribution in [0.15, 0.2) is 12.5 Å². The zero-order valence-corrected chi connectivity index (χ0v) is 5.96. The molecule has 1 rings (SSSR count). The van der Waals surface area contributed by atoms with Gasteiger partial charge in [0.05, 0.1) is 19.6 Å². The van der Waals surface area contributed by atoms with Crippen LogP contribution in [0.2, 0.25) is 0 Å². The lowest BCUT2D eigenvalue weighted by molar-refractivity contribution is 0.398. The maximum atomic E-state index is 7.25. The lowest BCUT2D eigenvalue weighted by Crippen LogP contribution is -2.06. The third-order valence-corrected chi connectivity index (χ3v) is 1.25. The molecule has 0 aliphatic heterocycles. The van der Waals surface area contributed by atoms with Crippen molar-refractivity contribution in [1.29, 1.82) is 5.41 Å². The van der Waals surface area contributed by atoms with E-state index in [0.29, 0.717) is 5.69 Å². The second-order valence-electron chi connectivity index (χ2n) is 1.92. The van der Waals surface area contributed by atoms with Crippen molar-refractivity contribution in [2.45, 2.75) is 0 Å². The Kier molecular flexibility index (Phi) is 1.71. The van der Waals surface area contributed by atoms with Gasteiger partial charge < -0.3 is 9.30 Å². The van der Waals surface area contributed by atoms with Gasteiger partial charge >= 0.3 is 0 Å². The fourth-order valence-corrected chi connectivity index (χ4v) is 0.681. The van der Waals surface area contributed by atoms with Crippen LogP contribution in [-0.2, 0) is 11.8 Å². The molecule has 10 heavy (non-hydrogen) atoms. The van der Waals surface area contributed by atoms with Gasteiger partial charge in [-0.25, -0.2) is 4.98 Å². The molecule has 0 unspecified atom stereocenters. The van der Waals surface area contributed by atoms with Gasteiger partial charge in [-0.05, 0) is 0 Å². The predicted octanol–water partition coefficient (Wildman–Crippen LogP) is 0.392. The molecular weight excluding hydrogens is 130 g/mol. The minimum absolute atomic E-state index is 0.139. The Balaban J connectivity index is 2.93. The summed E-state index contributed by atoms with van der Waals surface area (Å²) in [4.78, 5) is 3.83. The van der Waals surface area contributed by atoms with Crippen molar-refractivity contribution in [2.75, 3.05) is 7.11 Å². The van der Waals surface area contributed by atoms with Gasteiger partial charge in [0.25, 0.3) is 0 Å². The first-order valence-electron chi connectivity index (χ1n) is 2.85. The number of imidazole rings is 1. The maximum Gasteiger partial charge on any atom is 0.231 e. The number of nitrogens with one attached hydrogen (secondary N) is 1. The van der Waals surface area contributed by atoms with Crippen LogP contribution in [0.1, 0.15) is 5.69 Å². The Morgan fingerprint density at radius 2 is 2.50 bits per heavy atom. The molecule has 4 heteroatoms. The van der Waals surface area contributed by atoms with Crippen molar-refractivity contribution in [3.63, 3.8) is 0 Å². The number of ether oxygens (including phenoxy) is 1. The average Bonchev–Trinajstić information content (AvgIpc) is 2.34. The maximum absolute atomic E-state index is 7.25. The summed E-state index contributed by atoms with van der Waals surface area (Å²) >= 11 is 0. The van der Waals surface area contributed by atoms with Crippen molar-refractivity contribution in [2.24, 2.45) is 7.05 Å². The molecule has 1 heterocycles. The molecule has 0 atom stereocenters. The smallest absolute Gasteiger partial charge is 0.231 e. The summed E-state index contributed by atoms with van der Waals surface area (Å²) in [5, 5.41) is 7.25. The van der Waals surface area contributed by atoms with Gasteiger partial charge in [-0.15, -0.1) is 0 Å². The number of hydrogen-bond acceptors (Lipinski definition) is 3. The van der Waals surface area contributed by atoms with Crippen molar-refractivity contribution in [1.82, 2.24) is 9.55 Å². The number of hydrogen-bond donors (Lipinski definition) is 1. The molecule has 54 valence electrons. The molecular formula is C6H9N3O. The first-order valence-corrected chi connectivity index (χ1v) is 2.85. The Hall–Kier alpha value is -1.32. The van der Waals surface area contributed by atoms with E-state index >= 15 is 0 Å². The second kappa shape index (κ2) is 2.51. The summed E-state index contributed by atoms with van der Waals surface area (Å²) in [5.41, 5.74) is 0.683. The van der Waals surface area contributed by atoms with Crippen molar-refractivity contribution in [3.05, 3.63) is 18.2 Å². The zero-order chi connectivity index (χ0) is 7.56. The fourth-order valence-electron chi connectivity index (χ4n) is 0.681. The lowest BCUT2D eigenvalue weighted by Gasteiger charge is -2.00. The first-order chi connectivity index (χ1) is 4.75. The van der Waals surface area contributed by atoms with E-state index in [1.165, 1.54) is 7.11 Å². The largest absolute Gasteiger partial charge is 0.480 e. The number of aromatic nitrogens is 2. The highest BCUT2D eigenvalue weighted by Crippen LogP contribution is 1.96. The molecule has 0 bridgehead atoms. The topological polar surface area (TPSA) is 50.9 Å². The van der Waals surface area contributed by atoms with Gasteiger partial charge in [0.2, 0.25) is 5.90 Å². The molecule has 0 aromatic carbocycles. The Morgan fingerprint density at radius 3 is 2.90 bits per heavy atom. The number of aryl methyl sites for hydroxylation is 1. The predicted molar refractivity (Wildman–Crippen MR) is 37.0 cm³/mol. The quantitative estimate of drug-likeness (QED) is 0.452. The molecule has 4 nitrogen and oxygen atoms in total. The number of methoxy groups -OCH3 is 1. The molecule has 0 radical (unpaired) electrons. The molecule has 0 saturated carbocycles.